The molecule has 0 aliphatic heterocycles. The van der Waals surface area contributed by atoms with Gasteiger partial charge in [-0.1, -0.05) is 47.4 Å². The van der Waals surface area contributed by atoms with Gasteiger partial charge in [-0.05, 0) is 55.2 Å². The molecule has 7 heteroatoms. The maximum atomic E-state index is 11.9. The highest BCUT2D eigenvalue weighted by Gasteiger charge is 2.10. The topological polar surface area (TPSA) is 68.0 Å². The van der Waals surface area contributed by atoms with Gasteiger partial charge in [-0.3, -0.25) is 0 Å². The van der Waals surface area contributed by atoms with E-state index in [0.29, 0.717) is 11.3 Å². The molecular formula is C21H19N3O2S2. The van der Waals surface area contributed by atoms with Crippen molar-refractivity contribution in [2.24, 2.45) is 0 Å². The lowest BCUT2D eigenvalue weighted by molar-refractivity contribution is 0.559. The second-order valence-corrected chi connectivity index (χ2v) is 8.82. The number of hydrogen-bond donors (Lipinski definition) is 1. The van der Waals surface area contributed by atoms with Crippen LogP contribution in [-0.4, -0.2) is 10.2 Å². The maximum Gasteiger partial charge on any atom is 0.336 e. The second kappa shape index (κ2) is 7.77. The van der Waals surface area contributed by atoms with Gasteiger partial charge in [0, 0.05) is 22.9 Å². The Kier molecular flexibility index (Phi) is 5.19. The molecule has 0 atom stereocenters. The van der Waals surface area contributed by atoms with Crippen molar-refractivity contribution < 1.29 is 4.42 Å². The monoisotopic (exact) mass is 409 g/mol. The molecule has 0 spiro atoms. The van der Waals surface area contributed by atoms with Crippen LogP contribution in [0.1, 0.15) is 22.3 Å². The third kappa shape index (κ3) is 3.95. The third-order valence-electron chi connectivity index (χ3n) is 4.59. The quantitative estimate of drug-likeness (QED) is 0.341. The van der Waals surface area contributed by atoms with Crippen molar-refractivity contribution in [2.75, 3.05) is 5.32 Å². The molecule has 28 heavy (non-hydrogen) atoms. The Balaban J connectivity index is 1.52. The fraction of sp³-hybridized carbons (Fsp3) is 0.190. The van der Waals surface area contributed by atoms with E-state index in [1.165, 1.54) is 22.5 Å². The number of rotatable bonds is 5. The first-order chi connectivity index (χ1) is 13.5. The Bertz CT molecular complexity index is 1210. The molecule has 0 radical (unpaired) electrons. The van der Waals surface area contributed by atoms with E-state index in [1.807, 2.05) is 37.3 Å². The third-order valence-corrected chi connectivity index (χ3v) is 6.61. The average molecular weight is 410 g/mol. The van der Waals surface area contributed by atoms with Gasteiger partial charge in [0.15, 0.2) is 4.34 Å². The number of hydrogen-bond acceptors (Lipinski definition) is 7. The summed E-state index contributed by atoms with van der Waals surface area (Å²) in [6.07, 6.45) is 0. The number of nitrogens with one attached hydrogen (secondary N) is 1. The molecule has 4 aromatic rings. The summed E-state index contributed by atoms with van der Waals surface area (Å²) in [7, 11) is 0. The molecule has 0 aliphatic carbocycles. The molecule has 1 N–H and O–H groups in total. The van der Waals surface area contributed by atoms with Gasteiger partial charge in [-0.2, -0.15) is 0 Å². The molecule has 2 aromatic carbocycles. The van der Waals surface area contributed by atoms with Gasteiger partial charge in [0.1, 0.15) is 5.58 Å². The number of aryl methyl sites for hydroxylation is 2. The van der Waals surface area contributed by atoms with Gasteiger partial charge in [0.2, 0.25) is 5.13 Å². The first-order valence-electron chi connectivity index (χ1n) is 8.82. The summed E-state index contributed by atoms with van der Waals surface area (Å²) >= 11 is 3.07. The number of nitrogens with zero attached hydrogens (tertiary/aromatic N) is 2. The van der Waals surface area contributed by atoms with Crippen LogP contribution < -0.4 is 10.9 Å². The smallest absolute Gasteiger partial charge is 0.336 e. The predicted octanol–water partition coefficient (Wildman–Crippen LogP) is 5.61. The van der Waals surface area contributed by atoms with Gasteiger partial charge < -0.3 is 9.73 Å². The van der Waals surface area contributed by atoms with E-state index < -0.39 is 0 Å². The van der Waals surface area contributed by atoms with E-state index in [-0.39, 0.29) is 5.63 Å². The zero-order chi connectivity index (χ0) is 19.7. The number of thioether (sulfide) groups is 1. The number of aromatic nitrogens is 2. The summed E-state index contributed by atoms with van der Waals surface area (Å²) in [6.45, 7) is 6.15. The van der Waals surface area contributed by atoms with E-state index in [0.717, 1.165) is 31.7 Å². The summed E-state index contributed by atoms with van der Waals surface area (Å²) in [4.78, 5) is 11.9. The van der Waals surface area contributed by atoms with E-state index in [9.17, 15) is 4.79 Å². The molecule has 0 amide bonds. The van der Waals surface area contributed by atoms with Gasteiger partial charge in [-0.15, -0.1) is 10.2 Å². The highest BCUT2D eigenvalue weighted by Crippen LogP contribution is 2.32. The van der Waals surface area contributed by atoms with Crippen molar-refractivity contribution >= 4 is 44.9 Å². The zero-order valence-electron chi connectivity index (χ0n) is 15.8. The van der Waals surface area contributed by atoms with Crippen LogP contribution in [0, 0.1) is 20.8 Å². The Labute approximate surface area is 170 Å². The SMILES string of the molecule is Cc1ccc2c(CSc3nnc(Nc4cccc(C)c4C)s3)cc(=O)oc2c1. The lowest BCUT2D eigenvalue weighted by atomic mass is 10.1. The second-order valence-electron chi connectivity index (χ2n) is 6.62. The summed E-state index contributed by atoms with van der Waals surface area (Å²) in [5, 5.41) is 13.6. The Morgan fingerprint density at radius 3 is 2.82 bits per heavy atom. The van der Waals surface area contributed by atoms with Crippen molar-refractivity contribution in [3.63, 3.8) is 0 Å². The predicted molar refractivity (Wildman–Crippen MR) is 116 cm³/mol. The lowest BCUT2D eigenvalue weighted by Crippen LogP contribution is -2.00. The van der Waals surface area contributed by atoms with Crippen LogP contribution in [0.3, 0.4) is 0 Å². The molecule has 2 aromatic heterocycles. The van der Waals surface area contributed by atoms with E-state index in [2.05, 4.69) is 35.4 Å². The molecule has 0 saturated carbocycles. The highest BCUT2D eigenvalue weighted by molar-refractivity contribution is 8.00. The van der Waals surface area contributed by atoms with Crippen molar-refractivity contribution in [3.05, 3.63) is 75.1 Å². The normalized spacial score (nSPS) is 11.1. The largest absolute Gasteiger partial charge is 0.423 e. The minimum absolute atomic E-state index is 0.330. The first kappa shape index (κ1) is 18.7. The molecule has 0 aliphatic rings. The standard InChI is InChI=1S/C21H19N3O2S2/c1-12-7-8-16-15(10-19(25)26-18(16)9-12)11-27-21-24-23-20(28-21)22-17-6-4-5-13(2)14(17)3/h4-10H,11H2,1-3H3,(H,22,23). The fourth-order valence-electron chi connectivity index (χ4n) is 2.92. The Morgan fingerprint density at radius 1 is 1.11 bits per heavy atom. The molecule has 4 rings (SSSR count). The van der Waals surface area contributed by atoms with E-state index in [4.69, 9.17) is 4.42 Å². The van der Waals surface area contributed by atoms with Gasteiger partial charge in [-0.25, -0.2) is 4.79 Å². The van der Waals surface area contributed by atoms with Crippen LogP contribution in [0.4, 0.5) is 10.8 Å². The van der Waals surface area contributed by atoms with Crippen molar-refractivity contribution in [3.8, 4) is 0 Å². The molecule has 0 unspecified atom stereocenters. The van der Waals surface area contributed by atoms with E-state index in [1.54, 1.807) is 17.8 Å². The first-order valence-corrected chi connectivity index (χ1v) is 10.6. The molecule has 142 valence electrons. The number of fused-ring (bicyclic) bond motifs is 1. The summed E-state index contributed by atoms with van der Waals surface area (Å²) < 4.78 is 6.17. The maximum absolute atomic E-state index is 11.9. The number of anilines is 2. The minimum Gasteiger partial charge on any atom is -0.423 e. The lowest BCUT2D eigenvalue weighted by Gasteiger charge is -2.08. The van der Waals surface area contributed by atoms with Crippen LogP contribution >= 0.6 is 23.1 Å². The van der Waals surface area contributed by atoms with Crippen LogP contribution in [0.25, 0.3) is 11.0 Å². The fourth-order valence-corrected chi connectivity index (χ4v) is 4.67. The average Bonchev–Trinajstić information content (AvgIpc) is 3.10. The summed E-state index contributed by atoms with van der Waals surface area (Å²) in [6, 6.07) is 13.6. The molecule has 0 saturated heterocycles. The minimum atomic E-state index is -0.330. The molecule has 5 nitrogen and oxygen atoms in total. The van der Waals surface area contributed by atoms with Crippen LogP contribution in [0.5, 0.6) is 0 Å². The van der Waals surface area contributed by atoms with Crippen LogP contribution in [0.2, 0.25) is 0 Å². The summed E-state index contributed by atoms with van der Waals surface area (Å²) in [5.41, 5.74) is 5.76. The molecular weight excluding hydrogens is 390 g/mol. The van der Waals surface area contributed by atoms with Gasteiger partial charge >= 0.3 is 5.63 Å². The highest BCUT2D eigenvalue weighted by atomic mass is 32.2. The van der Waals surface area contributed by atoms with Crippen molar-refractivity contribution in [1.29, 1.82) is 0 Å². The van der Waals surface area contributed by atoms with Crippen molar-refractivity contribution in [2.45, 2.75) is 30.9 Å². The van der Waals surface area contributed by atoms with Crippen molar-refractivity contribution in [1.82, 2.24) is 10.2 Å². The van der Waals surface area contributed by atoms with Crippen LogP contribution in [0.15, 0.2) is 56.0 Å². The Hall–Kier alpha value is -2.64. The Morgan fingerprint density at radius 2 is 1.96 bits per heavy atom. The zero-order valence-corrected chi connectivity index (χ0v) is 17.4. The summed E-state index contributed by atoms with van der Waals surface area (Å²) in [5.74, 6) is 0.628. The van der Waals surface area contributed by atoms with E-state index >= 15 is 0 Å². The van der Waals surface area contributed by atoms with Gasteiger partial charge in [0.25, 0.3) is 0 Å². The molecule has 0 bridgehead atoms. The molecule has 2 heterocycles. The van der Waals surface area contributed by atoms with Gasteiger partial charge in [0.05, 0.1) is 0 Å². The number of benzene rings is 2. The van der Waals surface area contributed by atoms with Crippen LogP contribution in [-0.2, 0) is 5.75 Å². The molecule has 0 fully saturated rings.